The minimum atomic E-state index is -1.93. The van der Waals surface area contributed by atoms with Crippen LogP contribution in [-0.4, -0.2) is 121 Å². The number of carbonyl (C=O) groups is 1. The summed E-state index contributed by atoms with van der Waals surface area (Å²) in [7, 11) is 1.34. The van der Waals surface area contributed by atoms with Crippen molar-refractivity contribution in [1.29, 1.82) is 0 Å². The van der Waals surface area contributed by atoms with Crippen LogP contribution in [0.2, 0.25) is 0 Å². The van der Waals surface area contributed by atoms with Gasteiger partial charge in [-0.25, -0.2) is 4.79 Å². The number of fused-ring (bicyclic) bond motifs is 1. The number of carbonyl (C=O) groups excluding carboxylic acids is 1. The molecule has 9 N–H and O–H groups in total. The first-order valence-electron chi connectivity index (χ1n) is 16.1. The number of methoxy groups -OCH3 is 1. The average Bonchev–Trinajstić information content (AvgIpc) is 3.13. The molecule has 53 heavy (non-hydrogen) atoms. The van der Waals surface area contributed by atoms with Crippen molar-refractivity contribution < 1.29 is 78.9 Å². The predicted molar refractivity (Wildman–Crippen MR) is 180 cm³/mol. The zero-order chi connectivity index (χ0) is 38.1. The number of aromatic hydroxyl groups is 4. The van der Waals surface area contributed by atoms with Gasteiger partial charge in [0.1, 0.15) is 76.7 Å². The Balaban J connectivity index is 1.20. The Morgan fingerprint density at radius 3 is 2.34 bits per heavy atom. The van der Waals surface area contributed by atoms with Crippen LogP contribution in [0.3, 0.4) is 0 Å². The maximum Gasteiger partial charge on any atom is 0.331 e. The van der Waals surface area contributed by atoms with Crippen molar-refractivity contribution in [1.82, 2.24) is 0 Å². The topological polar surface area (TPSA) is 275 Å². The molecule has 2 aliphatic heterocycles. The smallest absolute Gasteiger partial charge is 0.331 e. The van der Waals surface area contributed by atoms with Gasteiger partial charge in [-0.05, 0) is 48.0 Å². The number of hydrogen-bond acceptors (Lipinski definition) is 17. The highest BCUT2D eigenvalue weighted by Crippen LogP contribution is 2.44. The van der Waals surface area contributed by atoms with Gasteiger partial charge in [0, 0.05) is 23.8 Å². The Labute approximate surface area is 299 Å². The molecule has 3 heterocycles. The molecule has 0 bridgehead atoms. The van der Waals surface area contributed by atoms with Gasteiger partial charge < -0.3 is 74.1 Å². The lowest BCUT2D eigenvalue weighted by Gasteiger charge is -2.44. The summed E-state index contributed by atoms with van der Waals surface area (Å²) in [6.07, 6.45) is -13.1. The molecule has 2 fully saturated rings. The van der Waals surface area contributed by atoms with E-state index in [1.54, 1.807) is 0 Å². The molecule has 9 unspecified atom stereocenters. The highest BCUT2D eigenvalue weighted by molar-refractivity contribution is 5.88. The molecule has 0 radical (unpaired) electrons. The van der Waals surface area contributed by atoms with Gasteiger partial charge in [-0.2, -0.15) is 0 Å². The van der Waals surface area contributed by atoms with Crippen molar-refractivity contribution in [3.63, 3.8) is 0 Å². The van der Waals surface area contributed by atoms with Crippen LogP contribution in [0.15, 0.2) is 69.9 Å². The van der Waals surface area contributed by atoms with Gasteiger partial charge in [-0.3, -0.25) is 4.79 Å². The lowest BCUT2D eigenvalue weighted by atomic mass is 9.92. The first kappa shape index (κ1) is 37.5. The number of esters is 1. The van der Waals surface area contributed by atoms with E-state index in [1.165, 1.54) is 55.7 Å². The highest BCUT2D eigenvalue weighted by atomic mass is 16.7. The zero-order valence-electron chi connectivity index (χ0n) is 27.8. The van der Waals surface area contributed by atoms with Crippen molar-refractivity contribution in [2.75, 3.05) is 20.3 Å². The van der Waals surface area contributed by atoms with Crippen LogP contribution in [0.4, 0.5) is 0 Å². The van der Waals surface area contributed by atoms with Crippen molar-refractivity contribution >= 4 is 23.0 Å². The van der Waals surface area contributed by atoms with E-state index in [1.807, 2.05) is 0 Å². The normalized spacial score (nSPS) is 27.5. The monoisotopic (exact) mass is 740 g/mol. The van der Waals surface area contributed by atoms with E-state index in [4.69, 9.17) is 28.1 Å². The van der Waals surface area contributed by atoms with E-state index in [0.717, 1.165) is 18.2 Å². The number of rotatable bonds is 9. The number of aliphatic hydroxyl groups excluding tert-OH is 5. The Kier molecular flexibility index (Phi) is 10.9. The fourth-order valence-corrected chi connectivity index (χ4v) is 6.12. The summed E-state index contributed by atoms with van der Waals surface area (Å²) in [5.41, 5.74) is -0.516. The van der Waals surface area contributed by atoms with Crippen LogP contribution in [0, 0.1) is 0 Å². The number of phenols is 4. The van der Waals surface area contributed by atoms with Crippen molar-refractivity contribution in [3.05, 3.63) is 82.0 Å². The second-order valence-electron chi connectivity index (χ2n) is 12.3. The summed E-state index contributed by atoms with van der Waals surface area (Å²) >= 11 is 0. The van der Waals surface area contributed by atoms with E-state index < -0.39 is 96.8 Å². The van der Waals surface area contributed by atoms with Gasteiger partial charge in [0.25, 0.3) is 0 Å². The largest absolute Gasteiger partial charge is 0.508 e. The van der Waals surface area contributed by atoms with Crippen LogP contribution >= 0.6 is 0 Å². The number of hydrogen-bond donors (Lipinski definition) is 9. The number of benzene rings is 3. The third kappa shape index (κ3) is 7.50. The summed E-state index contributed by atoms with van der Waals surface area (Å²) in [6.45, 7) is -1.35. The van der Waals surface area contributed by atoms with Crippen LogP contribution in [0.25, 0.3) is 28.4 Å². The third-order valence-electron chi connectivity index (χ3n) is 8.93. The highest BCUT2D eigenvalue weighted by Gasteiger charge is 2.50. The number of ether oxygens (including phenoxy) is 5. The lowest BCUT2D eigenvalue weighted by Crippen LogP contribution is -2.62. The maximum atomic E-state index is 13.1. The predicted octanol–water partition coefficient (Wildman–Crippen LogP) is 0.533. The molecule has 4 aromatic rings. The number of phenolic OH excluding ortho intramolecular Hbond substituents is 4. The summed E-state index contributed by atoms with van der Waals surface area (Å²) in [5, 5.41) is 94.4. The minimum Gasteiger partial charge on any atom is -0.508 e. The average molecular weight is 741 g/mol. The van der Waals surface area contributed by atoms with Gasteiger partial charge in [-0.1, -0.05) is 6.07 Å². The first-order chi connectivity index (χ1) is 25.3. The van der Waals surface area contributed by atoms with Gasteiger partial charge in [0.2, 0.25) is 0 Å². The first-order valence-corrected chi connectivity index (χ1v) is 16.1. The second kappa shape index (κ2) is 15.4. The van der Waals surface area contributed by atoms with Crippen molar-refractivity contribution in [3.8, 4) is 40.1 Å². The molecule has 0 aliphatic carbocycles. The van der Waals surface area contributed by atoms with Gasteiger partial charge in [0.05, 0.1) is 25.9 Å². The molecule has 2 saturated heterocycles. The molecule has 17 heteroatoms. The third-order valence-corrected chi connectivity index (χ3v) is 8.93. The fourth-order valence-electron chi connectivity index (χ4n) is 6.12. The van der Waals surface area contributed by atoms with E-state index in [2.05, 4.69) is 0 Å². The molecule has 2 aliphatic rings. The van der Waals surface area contributed by atoms with Gasteiger partial charge in [0.15, 0.2) is 29.3 Å². The number of aliphatic hydroxyl groups is 5. The molecular formula is C36H36O17. The molecule has 1 aromatic heterocycles. The summed E-state index contributed by atoms with van der Waals surface area (Å²) in [5.74, 6) is -2.41. The molecule has 0 spiro atoms. The molecule has 3 aromatic carbocycles. The van der Waals surface area contributed by atoms with E-state index in [-0.39, 0.29) is 34.0 Å². The van der Waals surface area contributed by atoms with E-state index in [9.17, 15) is 55.5 Å². The lowest BCUT2D eigenvalue weighted by molar-refractivity contribution is -0.332. The standard InChI is InChI=1S/C36H36O17/c1-48-22-10-15(2-8-18(22)39)3-9-26(42)53-35-33(47)29(43)24(13-37)51-36(35)52-25-14-49-34(32(46)30(25)44)28-20(41)12-23-27(31(28)45)19(40)11-21(50-23)16-4-6-17(38)7-5-16/h2-12,24-25,29-30,32-39,41,43-47H,13-14H2,1H3/b9-3+. The second-order valence-corrected chi connectivity index (χ2v) is 12.3. The molecule has 0 saturated carbocycles. The minimum absolute atomic E-state index is 0.0181. The van der Waals surface area contributed by atoms with Crippen molar-refractivity contribution in [2.45, 2.75) is 55.1 Å². The quantitative estimate of drug-likeness (QED) is 0.0836. The van der Waals surface area contributed by atoms with Gasteiger partial charge >= 0.3 is 5.97 Å². The Bertz CT molecular complexity index is 2040. The van der Waals surface area contributed by atoms with Crippen molar-refractivity contribution in [2.24, 2.45) is 0 Å². The Morgan fingerprint density at radius 1 is 0.906 bits per heavy atom. The summed E-state index contributed by atoms with van der Waals surface area (Å²) in [6, 6.07) is 12.1. The van der Waals surface area contributed by atoms with E-state index >= 15 is 0 Å². The van der Waals surface area contributed by atoms with Gasteiger partial charge in [-0.15, -0.1) is 0 Å². The molecule has 0 amide bonds. The molecule has 9 atom stereocenters. The SMILES string of the molecule is COc1cc(/C=C/C(=O)OC2C(OC3COC(c4c(O)cc5oc(-c6ccc(O)cc6)cc(=O)c5c4O)C(O)C3O)OC(CO)C(O)C2O)ccc1O. The van der Waals surface area contributed by atoms with Crippen LogP contribution < -0.4 is 10.2 Å². The Hall–Kier alpha value is -5.24. The summed E-state index contributed by atoms with van der Waals surface area (Å²) in [4.78, 5) is 25.9. The molecule has 282 valence electrons. The maximum absolute atomic E-state index is 13.1. The van der Waals surface area contributed by atoms with Crippen LogP contribution in [0.5, 0.6) is 28.7 Å². The fraction of sp³-hybridized carbons (Fsp3) is 0.333. The summed E-state index contributed by atoms with van der Waals surface area (Å²) < 4.78 is 33.2. The molecule has 17 nitrogen and oxygen atoms in total. The Morgan fingerprint density at radius 2 is 1.64 bits per heavy atom. The van der Waals surface area contributed by atoms with Crippen LogP contribution in [-0.2, 0) is 23.7 Å². The molecular weight excluding hydrogens is 704 g/mol. The molecule has 6 rings (SSSR count). The van der Waals surface area contributed by atoms with Crippen LogP contribution in [0.1, 0.15) is 17.2 Å². The van der Waals surface area contributed by atoms with E-state index in [0.29, 0.717) is 11.1 Å². The zero-order valence-corrected chi connectivity index (χ0v) is 27.8.